The van der Waals surface area contributed by atoms with Crippen molar-refractivity contribution in [2.45, 2.75) is 24.8 Å². The Bertz CT molecular complexity index is 1190. The Morgan fingerprint density at radius 1 is 0.971 bits per heavy atom. The van der Waals surface area contributed by atoms with Gasteiger partial charge >= 0.3 is 0 Å². The number of carbonyl (C=O) groups excluding carboxylic acids is 2. The van der Waals surface area contributed by atoms with Crippen LogP contribution in [-0.2, 0) is 22.6 Å². The van der Waals surface area contributed by atoms with Crippen molar-refractivity contribution in [2.75, 3.05) is 31.6 Å². The number of likely N-dealkylation sites (N-methyl/N-ethyl adjacent to an activating group) is 1. The molecule has 0 unspecified atom stereocenters. The van der Waals surface area contributed by atoms with E-state index in [2.05, 4.69) is 41.4 Å². The van der Waals surface area contributed by atoms with Crippen molar-refractivity contribution in [3.63, 3.8) is 0 Å². The summed E-state index contributed by atoms with van der Waals surface area (Å²) in [6, 6.07) is 26.2. The fourth-order valence-electron chi connectivity index (χ4n) is 3.98. The highest BCUT2D eigenvalue weighted by Gasteiger charge is 2.30. The molecule has 1 aliphatic rings. The van der Waals surface area contributed by atoms with Gasteiger partial charge in [-0.2, -0.15) is 0 Å². The van der Waals surface area contributed by atoms with Crippen LogP contribution < -0.4 is 10.2 Å². The molecule has 180 valence electrons. The van der Waals surface area contributed by atoms with Gasteiger partial charge in [-0.3, -0.25) is 14.5 Å². The van der Waals surface area contributed by atoms with Gasteiger partial charge in [0.25, 0.3) is 5.91 Å². The van der Waals surface area contributed by atoms with Crippen molar-refractivity contribution in [3.05, 3.63) is 100 Å². The van der Waals surface area contributed by atoms with Gasteiger partial charge in [0.2, 0.25) is 5.91 Å². The Kier molecular flexibility index (Phi) is 8.40. The molecule has 0 aliphatic carbocycles. The van der Waals surface area contributed by atoms with Gasteiger partial charge in [0.1, 0.15) is 6.54 Å². The zero-order chi connectivity index (χ0) is 24.6. The number of amides is 2. The summed E-state index contributed by atoms with van der Waals surface area (Å²) < 4.78 is 0. The molecule has 2 amide bonds. The SMILES string of the molecule is CCc1ccc(/C=C2/Sc3ccccc3N(CC(=O)NCCN(C)Cc3ccccc3)C2=O)cc1. The number of nitrogens with zero attached hydrogens (tertiary/aromatic N) is 2. The first-order valence-corrected chi connectivity index (χ1v) is 12.7. The number of para-hydroxylation sites is 1. The molecule has 0 saturated carbocycles. The topological polar surface area (TPSA) is 52.7 Å². The second kappa shape index (κ2) is 11.9. The Hall–Kier alpha value is -3.35. The van der Waals surface area contributed by atoms with Gasteiger partial charge in [-0.15, -0.1) is 0 Å². The van der Waals surface area contributed by atoms with Gasteiger partial charge in [-0.05, 0) is 48.4 Å². The van der Waals surface area contributed by atoms with Crippen LogP contribution in [-0.4, -0.2) is 43.4 Å². The summed E-state index contributed by atoms with van der Waals surface area (Å²) in [5.74, 6) is -0.315. The van der Waals surface area contributed by atoms with Gasteiger partial charge in [-0.1, -0.05) is 85.4 Å². The second-order valence-corrected chi connectivity index (χ2v) is 9.72. The lowest BCUT2D eigenvalue weighted by molar-refractivity contribution is -0.122. The van der Waals surface area contributed by atoms with Gasteiger partial charge in [-0.25, -0.2) is 0 Å². The summed E-state index contributed by atoms with van der Waals surface area (Å²) in [5.41, 5.74) is 4.24. The van der Waals surface area contributed by atoms with Crippen LogP contribution in [0.2, 0.25) is 0 Å². The highest BCUT2D eigenvalue weighted by Crippen LogP contribution is 2.41. The van der Waals surface area contributed by atoms with E-state index in [-0.39, 0.29) is 18.4 Å². The van der Waals surface area contributed by atoms with E-state index in [4.69, 9.17) is 0 Å². The lowest BCUT2D eigenvalue weighted by Gasteiger charge is -2.30. The Balaban J connectivity index is 1.40. The molecule has 0 spiro atoms. The first-order chi connectivity index (χ1) is 17.0. The molecule has 3 aromatic rings. The van der Waals surface area contributed by atoms with Crippen LogP contribution in [0.5, 0.6) is 0 Å². The van der Waals surface area contributed by atoms with Crippen LogP contribution in [0.3, 0.4) is 0 Å². The molecule has 6 heteroatoms. The minimum atomic E-state index is -0.167. The largest absolute Gasteiger partial charge is 0.353 e. The van der Waals surface area contributed by atoms with Crippen molar-refractivity contribution >= 4 is 35.3 Å². The highest BCUT2D eigenvalue weighted by atomic mass is 32.2. The minimum absolute atomic E-state index is 0.00901. The monoisotopic (exact) mass is 485 g/mol. The predicted molar refractivity (Wildman–Crippen MR) is 144 cm³/mol. The number of aryl methyl sites for hydroxylation is 1. The van der Waals surface area contributed by atoms with Crippen LogP contribution in [0.25, 0.3) is 6.08 Å². The minimum Gasteiger partial charge on any atom is -0.353 e. The normalized spacial score (nSPS) is 14.3. The maximum absolute atomic E-state index is 13.4. The predicted octanol–water partition coefficient (Wildman–Crippen LogP) is 4.98. The standard InChI is InChI=1S/C29H31N3O2S/c1-3-22-13-15-23(16-14-22)19-27-29(34)32(25-11-7-8-12-26(25)35-27)21-28(33)30-17-18-31(2)20-24-9-5-4-6-10-24/h4-16,19H,3,17-18,20-21H2,1-2H3,(H,30,33)/b27-19+. The molecule has 3 aromatic carbocycles. The molecule has 0 atom stereocenters. The van der Waals surface area contributed by atoms with Crippen LogP contribution >= 0.6 is 11.8 Å². The smallest absolute Gasteiger partial charge is 0.265 e. The van der Waals surface area contributed by atoms with E-state index in [1.54, 1.807) is 4.90 Å². The Morgan fingerprint density at radius 3 is 2.43 bits per heavy atom. The van der Waals surface area contributed by atoms with Crippen LogP contribution in [0.4, 0.5) is 5.69 Å². The molecular formula is C29H31N3O2S. The molecule has 0 radical (unpaired) electrons. The average Bonchev–Trinajstić information content (AvgIpc) is 2.87. The molecule has 0 bridgehead atoms. The number of hydrogen-bond donors (Lipinski definition) is 1. The fraction of sp³-hybridized carbons (Fsp3) is 0.241. The van der Waals surface area contributed by atoms with Crippen LogP contribution in [0.1, 0.15) is 23.6 Å². The number of anilines is 1. The average molecular weight is 486 g/mol. The number of rotatable bonds is 9. The van der Waals surface area contributed by atoms with Crippen molar-refractivity contribution in [1.82, 2.24) is 10.2 Å². The number of thioether (sulfide) groups is 1. The summed E-state index contributed by atoms with van der Waals surface area (Å²) in [7, 11) is 2.03. The molecule has 1 N–H and O–H groups in total. The van der Waals surface area contributed by atoms with E-state index < -0.39 is 0 Å². The third kappa shape index (κ3) is 6.62. The van der Waals surface area contributed by atoms with Gasteiger partial charge < -0.3 is 10.2 Å². The molecule has 0 aromatic heterocycles. The van der Waals surface area contributed by atoms with Gasteiger partial charge in [0.05, 0.1) is 10.6 Å². The van der Waals surface area contributed by atoms with E-state index in [9.17, 15) is 9.59 Å². The third-order valence-corrected chi connectivity index (χ3v) is 7.01. The van der Waals surface area contributed by atoms with E-state index in [1.165, 1.54) is 22.9 Å². The number of fused-ring (bicyclic) bond motifs is 1. The molecule has 0 saturated heterocycles. The Morgan fingerprint density at radius 2 is 1.69 bits per heavy atom. The van der Waals surface area contributed by atoms with E-state index >= 15 is 0 Å². The number of hydrogen-bond acceptors (Lipinski definition) is 4. The van der Waals surface area contributed by atoms with Crippen LogP contribution in [0.15, 0.2) is 88.7 Å². The summed E-state index contributed by atoms with van der Waals surface area (Å²) in [6.07, 6.45) is 2.88. The molecule has 4 rings (SSSR count). The van der Waals surface area contributed by atoms with Crippen LogP contribution in [0, 0.1) is 0 Å². The van der Waals surface area contributed by atoms with E-state index in [0.717, 1.165) is 35.7 Å². The maximum atomic E-state index is 13.4. The van der Waals surface area contributed by atoms with Crippen molar-refractivity contribution in [1.29, 1.82) is 0 Å². The van der Waals surface area contributed by atoms with E-state index in [1.807, 2.05) is 67.7 Å². The Labute approximate surface area is 211 Å². The summed E-state index contributed by atoms with van der Waals surface area (Å²) >= 11 is 1.45. The number of nitrogens with one attached hydrogen (secondary N) is 1. The first kappa shape index (κ1) is 24.8. The second-order valence-electron chi connectivity index (χ2n) is 8.64. The number of benzene rings is 3. The zero-order valence-electron chi connectivity index (χ0n) is 20.2. The highest BCUT2D eigenvalue weighted by molar-refractivity contribution is 8.04. The van der Waals surface area contributed by atoms with Gasteiger partial charge in [0.15, 0.2) is 0 Å². The zero-order valence-corrected chi connectivity index (χ0v) is 21.1. The van der Waals surface area contributed by atoms with Crippen molar-refractivity contribution < 1.29 is 9.59 Å². The number of carbonyl (C=O) groups is 2. The summed E-state index contributed by atoms with van der Waals surface area (Å²) in [6.45, 7) is 4.17. The lowest BCUT2D eigenvalue weighted by atomic mass is 10.1. The molecule has 0 fully saturated rings. The van der Waals surface area contributed by atoms with Crippen molar-refractivity contribution in [3.8, 4) is 0 Å². The maximum Gasteiger partial charge on any atom is 0.265 e. The lowest BCUT2D eigenvalue weighted by Crippen LogP contribution is -2.44. The molecule has 35 heavy (non-hydrogen) atoms. The molecule has 5 nitrogen and oxygen atoms in total. The quantitative estimate of drug-likeness (QED) is 0.435. The van der Waals surface area contributed by atoms with Crippen molar-refractivity contribution in [2.24, 2.45) is 0 Å². The van der Waals surface area contributed by atoms with E-state index in [0.29, 0.717) is 11.4 Å². The fourth-order valence-corrected chi connectivity index (χ4v) is 5.04. The summed E-state index contributed by atoms with van der Waals surface area (Å²) in [5, 5.41) is 2.97. The first-order valence-electron chi connectivity index (χ1n) is 11.9. The molecule has 1 aliphatic heterocycles. The van der Waals surface area contributed by atoms with Gasteiger partial charge in [0, 0.05) is 24.5 Å². The summed E-state index contributed by atoms with van der Waals surface area (Å²) in [4.78, 5) is 31.5. The molecule has 1 heterocycles. The molecular weight excluding hydrogens is 454 g/mol. The third-order valence-electron chi connectivity index (χ3n) is 5.93.